The molecule has 0 unspecified atom stereocenters. The fraction of sp³-hybridized carbons (Fsp3) is 0.0952. The minimum atomic E-state index is -5.09. The number of oxazole rings is 1. The highest BCUT2D eigenvalue weighted by Crippen LogP contribution is 2.37. The molecule has 0 aliphatic heterocycles. The van der Waals surface area contributed by atoms with Crippen LogP contribution in [0.2, 0.25) is 5.02 Å². The molecule has 0 radical (unpaired) electrons. The number of aryl methyl sites for hydroxylation is 1. The summed E-state index contributed by atoms with van der Waals surface area (Å²) in [7, 11) is -4.75. The van der Waals surface area contributed by atoms with Crippen molar-refractivity contribution in [3.8, 4) is 23.0 Å². The molecule has 166 valence electrons. The topological polar surface area (TPSA) is 78.6 Å². The van der Waals surface area contributed by atoms with E-state index < -0.39 is 27.1 Å². The second-order valence-corrected chi connectivity index (χ2v) is 8.61. The van der Waals surface area contributed by atoms with E-state index in [1.807, 2.05) is 13.0 Å². The molecule has 0 bridgehead atoms. The van der Waals surface area contributed by atoms with Gasteiger partial charge < -0.3 is 13.3 Å². The van der Waals surface area contributed by atoms with Crippen LogP contribution in [-0.4, -0.2) is 19.8 Å². The van der Waals surface area contributed by atoms with Crippen LogP contribution in [-0.2, 0) is 10.1 Å². The maximum atomic E-state index is 12.9. The molecule has 0 N–H and O–H groups in total. The average Bonchev–Trinajstić information content (AvgIpc) is 3.09. The molecular weight excluding hydrogens is 471 g/mol. The summed E-state index contributed by atoms with van der Waals surface area (Å²) in [5.41, 5.74) is 2.06. The zero-order chi connectivity index (χ0) is 23.1. The number of halogens is 4. The van der Waals surface area contributed by atoms with Gasteiger partial charge in [-0.05, 0) is 48.9 Å². The molecule has 4 rings (SSSR count). The van der Waals surface area contributed by atoms with E-state index in [9.17, 15) is 21.6 Å². The van der Waals surface area contributed by atoms with E-state index >= 15 is 0 Å². The van der Waals surface area contributed by atoms with Crippen LogP contribution in [0.4, 0.5) is 13.2 Å². The standard InChI is InChI=1S/C21H13ClF3NO5S/c1-12-6-9-15-18(10-12)29-20(26-15)14-8-7-13(22)11-17(14)31-32(27,28)19-5-3-2-4-16(19)30-21(23,24)25/h2-11H,1H3. The molecule has 6 nitrogen and oxygen atoms in total. The Labute approximate surface area is 185 Å². The van der Waals surface area contributed by atoms with Gasteiger partial charge in [-0.25, -0.2) is 4.98 Å². The Morgan fingerprint density at radius 2 is 1.75 bits per heavy atom. The first-order valence-corrected chi connectivity index (χ1v) is 10.8. The van der Waals surface area contributed by atoms with Crippen LogP contribution < -0.4 is 8.92 Å². The van der Waals surface area contributed by atoms with Gasteiger partial charge in [0.05, 0.1) is 5.56 Å². The van der Waals surface area contributed by atoms with Gasteiger partial charge in [-0.3, -0.25) is 0 Å². The Kier molecular flexibility index (Phi) is 5.51. The third-order valence-corrected chi connectivity index (χ3v) is 5.77. The first kappa shape index (κ1) is 22.0. The lowest BCUT2D eigenvalue weighted by molar-refractivity contribution is -0.275. The Hall–Kier alpha value is -3.24. The Balaban J connectivity index is 1.77. The predicted molar refractivity (Wildman–Crippen MR) is 110 cm³/mol. The van der Waals surface area contributed by atoms with E-state index in [0.717, 1.165) is 17.7 Å². The summed E-state index contributed by atoms with van der Waals surface area (Å²) in [6.45, 7) is 1.87. The molecule has 1 heterocycles. The predicted octanol–water partition coefficient (Wildman–Crippen LogP) is 6.12. The lowest BCUT2D eigenvalue weighted by Gasteiger charge is -2.14. The number of hydrogen-bond donors (Lipinski definition) is 0. The fourth-order valence-electron chi connectivity index (χ4n) is 2.92. The zero-order valence-corrected chi connectivity index (χ0v) is 17.8. The summed E-state index contributed by atoms with van der Waals surface area (Å²) in [6.07, 6.45) is -5.09. The van der Waals surface area contributed by atoms with Crippen molar-refractivity contribution < 1.29 is 34.9 Å². The summed E-state index contributed by atoms with van der Waals surface area (Å²) in [6, 6.07) is 13.7. The van der Waals surface area contributed by atoms with Gasteiger partial charge in [0.1, 0.15) is 10.4 Å². The molecule has 0 saturated carbocycles. The highest BCUT2D eigenvalue weighted by atomic mass is 35.5. The number of para-hydroxylation sites is 1. The molecule has 4 aromatic rings. The highest BCUT2D eigenvalue weighted by Gasteiger charge is 2.35. The minimum absolute atomic E-state index is 0.0484. The summed E-state index contributed by atoms with van der Waals surface area (Å²) in [4.78, 5) is 3.52. The Morgan fingerprint density at radius 1 is 1.00 bits per heavy atom. The normalized spacial score (nSPS) is 12.2. The van der Waals surface area contributed by atoms with Crippen LogP contribution in [0.1, 0.15) is 5.56 Å². The fourth-order valence-corrected chi connectivity index (χ4v) is 4.15. The van der Waals surface area contributed by atoms with Crippen molar-refractivity contribution >= 4 is 32.8 Å². The number of rotatable bonds is 5. The van der Waals surface area contributed by atoms with Crippen molar-refractivity contribution in [1.29, 1.82) is 0 Å². The number of benzene rings is 3. The van der Waals surface area contributed by atoms with E-state index in [1.165, 1.54) is 30.3 Å². The van der Waals surface area contributed by atoms with Gasteiger partial charge in [-0.2, -0.15) is 8.42 Å². The second-order valence-electron chi connectivity index (χ2n) is 6.66. The molecule has 0 aliphatic rings. The number of aromatic nitrogens is 1. The van der Waals surface area contributed by atoms with Gasteiger partial charge in [0.15, 0.2) is 17.1 Å². The van der Waals surface area contributed by atoms with Crippen LogP contribution in [0.15, 0.2) is 70.0 Å². The van der Waals surface area contributed by atoms with Crippen LogP contribution in [0, 0.1) is 6.92 Å². The maximum Gasteiger partial charge on any atom is 0.573 e. The van der Waals surface area contributed by atoms with E-state index in [0.29, 0.717) is 11.1 Å². The smallest absolute Gasteiger partial charge is 0.436 e. The van der Waals surface area contributed by atoms with E-state index in [1.54, 1.807) is 12.1 Å². The summed E-state index contributed by atoms with van der Waals surface area (Å²) in [5, 5.41) is 0.130. The van der Waals surface area contributed by atoms with Crippen LogP contribution in [0.5, 0.6) is 11.5 Å². The average molecular weight is 484 g/mol. The van der Waals surface area contributed by atoms with Gasteiger partial charge >= 0.3 is 16.5 Å². The molecule has 0 amide bonds. The number of hydrogen-bond acceptors (Lipinski definition) is 6. The molecule has 0 saturated heterocycles. The monoisotopic (exact) mass is 483 g/mol. The largest absolute Gasteiger partial charge is 0.573 e. The van der Waals surface area contributed by atoms with Crippen molar-refractivity contribution in [2.24, 2.45) is 0 Å². The number of fused-ring (bicyclic) bond motifs is 1. The van der Waals surface area contributed by atoms with Crippen LogP contribution in [0.25, 0.3) is 22.6 Å². The van der Waals surface area contributed by atoms with E-state index in [4.69, 9.17) is 20.2 Å². The quantitative estimate of drug-likeness (QED) is 0.318. The highest BCUT2D eigenvalue weighted by molar-refractivity contribution is 7.87. The zero-order valence-electron chi connectivity index (χ0n) is 16.2. The van der Waals surface area contributed by atoms with Crippen molar-refractivity contribution in [3.05, 3.63) is 71.2 Å². The summed E-state index contributed by atoms with van der Waals surface area (Å²) in [5.74, 6) is -1.16. The van der Waals surface area contributed by atoms with Crippen molar-refractivity contribution in [2.45, 2.75) is 18.2 Å². The summed E-state index contributed by atoms with van der Waals surface area (Å²) >= 11 is 6.00. The first-order chi connectivity index (χ1) is 15.0. The van der Waals surface area contributed by atoms with Crippen LogP contribution >= 0.6 is 11.6 Å². The second kappa shape index (κ2) is 8.03. The van der Waals surface area contributed by atoms with E-state index in [2.05, 4.69) is 9.72 Å². The molecule has 1 aromatic heterocycles. The van der Waals surface area contributed by atoms with Crippen molar-refractivity contribution in [1.82, 2.24) is 4.98 Å². The van der Waals surface area contributed by atoms with Crippen molar-refractivity contribution in [3.63, 3.8) is 0 Å². The molecule has 32 heavy (non-hydrogen) atoms. The SMILES string of the molecule is Cc1ccc2nc(-c3ccc(Cl)cc3OS(=O)(=O)c3ccccc3OC(F)(F)F)oc2c1. The maximum absolute atomic E-state index is 12.9. The van der Waals surface area contributed by atoms with Gasteiger partial charge in [-0.1, -0.05) is 29.8 Å². The number of ether oxygens (including phenoxy) is 1. The molecule has 3 aromatic carbocycles. The lowest BCUT2D eigenvalue weighted by atomic mass is 10.2. The van der Waals surface area contributed by atoms with Gasteiger partial charge in [0.25, 0.3) is 0 Å². The number of nitrogens with zero attached hydrogens (tertiary/aromatic N) is 1. The summed E-state index contributed by atoms with van der Waals surface area (Å²) < 4.78 is 78.6. The third-order valence-electron chi connectivity index (χ3n) is 4.26. The molecule has 0 aliphatic carbocycles. The molecule has 0 spiro atoms. The van der Waals surface area contributed by atoms with Gasteiger partial charge in [-0.15, -0.1) is 13.2 Å². The number of alkyl halides is 3. The van der Waals surface area contributed by atoms with Crippen LogP contribution in [0.3, 0.4) is 0 Å². The Morgan fingerprint density at radius 3 is 2.50 bits per heavy atom. The molecule has 11 heteroatoms. The van der Waals surface area contributed by atoms with Gasteiger partial charge in [0, 0.05) is 11.1 Å². The third kappa shape index (κ3) is 4.66. The molecule has 0 atom stereocenters. The minimum Gasteiger partial charge on any atom is -0.436 e. The Bertz CT molecular complexity index is 1420. The molecule has 0 fully saturated rings. The van der Waals surface area contributed by atoms with Crippen molar-refractivity contribution in [2.75, 3.05) is 0 Å². The van der Waals surface area contributed by atoms with E-state index in [-0.39, 0.29) is 22.2 Å². The lowest BCUT2D eigenvalue weighted by Crippen LogP contribution is -2.20. The van der Waals surface area contributed by atoms with Gasteiger partial charge in [0.2, 0.25) is 5.89 Å². The molecular formula is C21H13ClF3NO5S. The first-order valence-electron chi connectivity index (χ1n) is 8.98.